The third kappa shape index (κ3) is 4.92. The summed E-state index contributed by atoms with van der Waals surface area (Å²) in [6.45, 7) is 6.74. The highest BCUT2D eigenvalue weighted by molar-refractivity contribution is 6.32. The second-order valence-corrected chi connectivity index (χ2v) is 8.00. The molecule has 4 rings (SSSR count). The average molecular weight is 508 g/mol. The van der Waals surface area contributed by atoms with Gasteiger partial charge in [-0.1, -0.05) is 11.6 Å². The second kappa shape index (κ2) is 9.53. The number of benzene rings is 1. The third-order valence-corrected chi connectivity index (χ3v) is 5.66. The van der Waals surface area contributed by atoms with Crippen LogP contribution in [-0.4, -0.2) is 48.6 Å². The van der Waals surface area contributed by atoms with E-state index < -0.39 is 22.8 Å². The van der Waals surface area contributed by atoms with Crippen LogP contribution >= 0.6 is 11.6 Å². The van der Waals surface area contributed by atoms with E-state index in [1.54, 1.807) is 24.0 Å². The van der Waals surface area contributed by atoms with Crippen LogP contribution < -0.4 is 5.32 Å². The Balaban J connectivity index is 1.56. The summed E-state index contributed by atoms with van der Waals surface area (Å²) in [5, 5.41) is 6.69. The molecule has 0 aliphatic carbocycles. The molecule has 3 aromatic heterocycles. The van der Waals surface area contributed by atoms with E-state index in [1.165, 1.54) is 17.2 Å². The smallest absolute Gasteiger partial charge is 0.417 e. The Bertz CT molecular complexity index is 1350. The molecule has 0 aliphatic rings. The molecule has 184 valence electrons. The largest absolute Gasteiger partial charge is 0.423 e. The first-order valence-electron chi connectivity index (χ1n) is 10.7. The predicted octanol–water partition coefficient (Wildman–Crippen LogP) is 5.13. The molecule has 1 amide bonds. The van der Waals surface area contributed by atoms with Crippen molar-refractivity contribution in [2.45, 2.75) is 33.0 Å². The van der Waals surface area contributed by atoms with Gasteiger partial charge in [0, 0.05) is 25.4 Å². The Hall–Kier alpha value is -3.67. The molecule has 1 N–H and O–H groups in total. The van der Waals surface area contributed by atoms with Crippen molar-refractivity contribution in [1.82, 2.24) is 29.6 Å². The molecule has 0 spiro atoms. The number of halogens is 4. The maximum Gasteiger partial charge on any atom is 0.417 e. The van der Waals surface area contributed by atoms with E-state index in [-0.39, 0.29) is 23.0 Å². The van der Waals surface area contributed by atoms with Crippen molar-refractivity contribution in [3.8, 4) is 5.82 Å². The summed E-state index contributed by atoms with van der Waals surface area (Å²) in [4.78, 5) is 26.9. The van der Waals surface area contributed by atoms with Crippen LogP contribution in [0, 0.1) is 0 Å². The average Bonchev–Trinajstić information content (AvgIpc) is 3.45. The molecule has 35 heavy (non-hydrogen) atoms. The second-order valence-electron chi connectivity index (χ2n) is 7.60. The van der Waals surface area contributed by atoms with Crippen molar-refractivity contribution in [2.24, 2.45) is 0 Å². The Morgan fingerprint density at radius 2 is 1.97 bits per heavy atom. The molecule has 0 aliphatic heterocycles. The molecule has 9 nitrogen and oxygen atoms in total. The number of anilines is 1. The van der Waals surface area contributed by atoms with E-state index in [0.717, 1.165) is 12.1 Å². The van der Waals surface area contributed by atoms with E-state index in [0.29, 0.717) is 30.3 Å². The highest BCUT2D eigenvalue weighted by Gasteiger charge is 2.34. The zero-order valence-corrected chi connectivity index (χ0v) is 19.7. The van der Waals surface area contributed by atoms with E-state index in [2.05, 4.69) is 25.4 Å². The van der Waals surface area contributed by atoms with Gasteiger partial charge in [-0.3, -0.25) is 4.79 Å². The molecule has 4 aromatic rings. The van der Waals surface area contributed by atoms with Crippen LogP contribution in [-0.2, 0) is 6.18 Å². The van der Waals surface area contributed by atoms with Gasteiger partial charge in [-0.25, -0.2) is 9.97 Å². The first kappa shape index (κ1) is 24.5. The SMILES string of the molecule is CCN(CC)C(=O)c1ccc(-n2ncnc2[C@H](C)Nc2nc3cc(C(F)(F)F)c(Cl)cc3o2)nc1. The zero-order chi connectivity index (χ0) is 25.3. The molecule has 0 saturated heterocycles. The van der Waals surface area contributed by atoms with Crippen LogP contribution in [0.5, 0.6) is 0 Å². The Labute approximate surface area is 202 Å². The number of nitrogens with zero attached hydrogens (tertiary/aromatic N) is 6. The molecule has 1 aromatic carbocycles. The van der Waals surface area contributed by atoms with E-state index >= 15 is 0 Å². The van der Waals surface area contributed by atoms with Crippen molar-refractivity contribution in [1.29, 1.82) is 0 Å². The monoisotopic (exact) mass is 507 g/mol. The number of rotatable bonds is 7. The van der Waals surface area contributed by atoms with Crippen LogP contribution in [0.1, 0.15) is 48.6 Å². The number of oxazole rings is 1. The molecule has 3 heterocycles. The highest BCUT2D eigenvalue weighted by Crippen LogP contribution is 2.37. The minimum Gasteiger partial charge on any atom is -0.423 e. The Morgan fingerprint density at radius 3 is 2.60 bits per heavy atom. The number of nitrogens with one attached hydrogen (secondary N) is 1. The van der Waals surface area contributed by atoms with Gasteiger partial charge in [0.25, 0.3) is 11.9 Å². The minimum absolute atomic E-state index is 0.00742. The van der Waals surface area contributed by atoms with E-state index in [9.17, 15) is 18.0 Å². The van der Waals surface area contributed by atoms with Crippen LogP contribution in [0.15, 0.2) is 41.2 Å². The lowest BCUT2D eigenvalue weighted by Crippen LogP contribution is -2.30. The number of hydrogen-bond acceptors (Lipinski definition) is 7. The van der Waals surface area contributed by atoms with Crippen molar-refractivity contribution >= 4 is 34.6 Å². The van der Waals surface area contributed by atoms with Crippen LogP contribution in [0.2, 0.25) is 5.02 Å². The number of hydrogen-bond donors (Lipinski definition) is 1. The van der Waals surface area contributed by atoms with Crippen molar-refractivity contribution in [3.63, 3.8) is 0 Å². The van der Waals surface area contributed by atoms with Gasteiger partial charge >= 0.3 is 6.18 Å². The van der Waals surface area contributed by atoms with Crippen molar-refractivity contribution in [3.05, 3.63) is 58.8 Å². The number of aromatic nitrogens is 5. The van der Waals surface area contributed by atoms with Gasteiger partial charge in [0.15, 0.2) is 17.2 Å². The highest BCUT2D eigenvalue weighted by atomic mass is 35.5. The lowest BCUT2D eigenvalue weighted by Gasteiger charge is -2.18. The number of fused-ring (bicyclic) bond motifs is 1. The molecule has 0 bridgehead atoms. The summed E-state index contributed by atoms with van der Waals surface area (Å²) < 4.78 is 46.4. The van der Waals surface area contributed by atoms with Gasteiger partial charge < -0.3 is 14.6 Å². The van der Waals surface area contributed by atoms with Gasteiger partial charge in [-0.2, -0.15) is 27.9 Å². The molecular formula is C22H21ClF3N7O2. The Morgan fingerprint density at radius 1 is 1.23 bits per heavy atom. The van der Waals surface area contributed by atoms with Crippen LogP contribution in [0.25, 0.3) is 16.9 Å². The van der Waals surface area contributed by atoms with Gasteiger partial charge in [-0.15, -0.1) is 0 Å². The van der Waals surface area contributed by atoms with Crippen LogP contribution in [0.3, 0.4) is 0 Å². The summed E-state index contributed by atoms with van der Waals surface area (Å²) >= 11 is 5.76. The summed E-state index contributed by atoms with van der Waals surface area (Å²) in [5.41, 5.74) is -0.427. The fraction of sp³-hybridized carbons (Fsp3) is 0.318. The number of amides is 1. The first-order valence-corrected chi connectivity index (χ1v) is 11.1. The third-order valence-electron chi connectivity index (χ3n) is 5.35. The quantitative estimate of drug-likeness (QED) is 0.370. The summed E-state index contributed by atoms with van der Waals surface area (Å²) in [6, 6.07) is 4.71. The zero-order valence-electron chi connectivity index (χ0n) is 19.0. The lowest BCUT2D eigenvalue weighted by molar-refractivity contribution is -0.137. The standard InChI is InChI=1S/C22H21ClF3N7O2/c1-4-32(5-2)20(34)13-6-7-18(27-10-13)33-19(28-11-29-33)12(3)30-21-31-16-8-14(22(24,25)26)15(23)9-17(16)35-21/h6-12H,4-5H2,1-3H3,(H,30,31)/t12-/m0/s1. The van der Waals surface area contributed by atoms with Gasteiger partial charge in [0.1, 0.15) is 11.8 Å². The van der Waals surface area contributed by atoms with E-state index in [1.807, 2.05) is 13.8 Å². The topological polar surface area (TPSA) is 102 Å². The molecule has 0 saturated carbocycles. The van der Waals surface area contributed by atoms with Gasteiger partial charge in [0.2, 0.25) is 0 Å². The van der Waals surface area contributed by atoms with Crippen molar-refractivity contribution in [2.75, 3.05) is 18.4 Å². The van der Waals surface area contributed by atoms with E-state index in [4.69, 9.17) is 16.0 Å². The fourth-order valence-electron chi connectivity index (χ4n) is 3.53. The number of carbonyl (C=O) groups excluding carboxylic acids is 1. The van der Waals surface area contributed by atoms with Crippen molar-refractivity contribution < 1.29 is 22.4 Å². The summed E-state index contributed by atoms with van der Waals surface area (Å²) in [5.74, 6) is 0.755. The maximum atomic E-state index is 13.1. The fourth-order valence-corrected chi connectivity index (χ4v) is 3.79. The lowest BCUT2D eigenvalue weighted by atomic mass is 10.2. The molecule has 13 heteroatoms. The summed E-state index contributed by atoms with van der Waals surface area (Å²) in [7, 11) is 0. The normalized spacial score (nSPS) is 12.7. The molecule has 0 unspecified atom stereocenters. The first-order chi connectivity index (χ1) is 16.6. The van der Waals surface area contributed by atoms with Gasteiger partial charge in [-0.05, 0) is 39.0 Å². The van der Waals surface area contributed by atoms with Crippen LogP contribution in [0.4, 0.5) is 19.2 Å². The molecular weight excluding hydrogens is 487 g/mol. The molecule has 0 fully saturated rings. The molecule has 1 atom stereocenters. The predicted molar refractivity (Wildman–Crippen MR) is 122 cm³/mol. The number of carbonyl (C=O) groups is 1. The molecule has 0 radical (unpaired) electrons. The maximum absolute atomic E-state index is 13.1. The minimum atomic E-state index is -4.61. The summed E-state index contributed by atoms with van der Waals surface area (Å²) in [6.07, 6.45) is -1.80. The number of pyridine rings is 1. The van der Waals surface area contributed by atoms with Gasteiger partial charge in [0.05, 0.1) is 22.2 Å². The number of alkyl halides is 3. The Kier molecular flexibility index (Phi) is 6.66.